The summed E-state index contributed by atoms with van der Waals surface area (Å²) in [6.07, 6.45) is 3.30. The van der Waals surface area contributed by atoms with Gasteiger partial charge in [0.15, 0.2) is 16.7 Å². The number of ether oxygens (including phenoxy) is 2. The van der Waals surface area contributed by atoms with Crippen LogP contribution >= 0.6 is 11.8 Å². The lowest BCUT2D eigenvalue weighted by Gasteiger charge is -2.24. The quantitative estimate of drug-likeness (QED) is 0.877. The topological polar surface area (TPSA) is 42.9 Å². The molecule has 2 rings (SSSR count). The van der Waals surface area contributed by atoms with E-state index in [1.807, 2.05) is 23.9 Å². The Morgan fingerprint density at radius 1 is 1.29 bits per heavy atom. The molecule has 0 bridgehead atoms. The Morgan fingerprint density at radius 2 is 2.10 bits per heavy atom. The van der Waals surface area contributed by atoms with Crippen molar-refractivity contribution < 1.29 is 9.47 Å². The minimum absolute atomic E-state index is 0.589. The van der Waals surface area contributed by atoms with Gasteiger partial charge in [-0.25, -0.2) is 0 Å². The largest absolute Gasteiger partial charge is 0.493 e. The molecule has 1 aromatic carbocycles. The first-order valence-electron chi connectivity index (χ1n) is 7.41. The monoisotopic (exact) mass is 308 g/mol. The van der Waals surface area contributed by atoms with Crippen molar-refractivity contribution in [3.05, 3.63) is 23.8 Å². The van der Waals surface area contributed by atoms with Crippen molar-refractivity contribution in [2.24, 2.45) is 4.99 Å². The molecular weight excluding hydrogens is 284 g/mol. The second kappa shape index (κ2) is 8.17. The molecule has 0 radical (unpaired) electrons. The van der Waals surface area contributed by atoms with Crippen molar-refractivity contribution in [2.45, 2.75) is 32.2 Å². The normalized spacial score (nSPS) is 20.1. The number of thioether (sulfide) groups is 1. The number of hydrogen-bond acceptors (Lipinski definition) is 4. The Morgan fingerprint density at radius 3 is 2.81 bits per heavy atom. The van der Waals surface area contributed by atoms with Crippen LogP contribution in [0, 0.1) is 0 Å². The van der Waals surface area contributed by atoms with Gasteiger partial charge in [-0.1, -0.05) is 24.8 Å². The van der Waals surface area contributed by atoms with Gasteiger partial charge in [0.25, 0.3) is 0 Å². The van der Waals surface area contributed by atoms with Gasteiger partial charge < -0.3 is 14.8 Å². The first-order valence-corrected chi connectivity index (χ1v) is 8.40. The van der Waals surface area contributed by atoms with Crippen LogP contribution in [0.3, 0.4) is 0 Å². The van der Waals surface area contributed by atoms with Crippen LogP contribution in [0.2, 0.25) is 0 Å². The van der Waals surface area contributed by atoms with Crippen LogP contribution in [-0.4, -0.2) is 37.7 Å². The molecule has 0 aromatic heterocycles. The molecule has 1 atom stereocenters. The highest BCUT2D eigenvalue weighted by atomic mass is 32.2. The summed E-state index contributed by atoms with van der Waals surface area (Å²) in [6, 6.07) is 6.63. The summed E-state index contributed by atoms with van der Waals surface area (Å²) in [4.78, 5) is 4.67. The van der Waals surface area contributed by atoms with E-state index in [2.05, 4.69) is 23.3 Å². The number of nitrogens with zero attached hydrogens (tertiary/aromatic N) is 1. The highest BCUT2D eigenvalue weighted by Crippen LogP contribution is 2.27. The van der Waals surface area contributed by atoms with E-state index < -0.39 is 0 Å². The lowest BCUT2D eigenvalue weighted by molar-refractivity contribution is 0.354. The lowest BCUT2D eigenvalue weighted by atomic mass is 10.1. The zero-order valence-electron chi connectivity index (χ0n) is 13.0. The Balaban J connectivity index is 1.91. The van der Waals surface area contributed by atoms with E-state index in [4.69, 9.17) is 9.47 Å². The van der Waals surface area contributed by atoms with E-state index in [-0.39, 0.29) is 0 Å². The molecular formula is C16H24N2O2S. The van der Waals surface area contributed by atoms with Crippen LogP contribution in [-0.2, 0) is 6.42 Å². The summed E-state index contributed by atoms with van der Waals surface area (Å²) >= 11 is 1.83. The van der Waals surface area contributed by atoms with Crippen LogP contribution in [0.5, 0.6) is 11.5 Å². The van der Waals surface area contributed by atoms with Crippen LogP contribution in [0.25, 0.3) is 0 Å². The van der Waals surface area contributed by atoms with Crippen LogP contribution in [0.15, 0.2) is 23.2 Å². The molecule has 1 saturated heterocycles. The molecule has 0 amide bonds. The second-order valence-corrected chi connectivity index (χ2v) is 6.10. The average molecular weight is 308 g/mol. The number of amidine groups is 1. The Hall–Kier alpha value is -1.36. The third-order valence-electron chi connectivity index (χ3n) is 3.63. The van der Waals surface area contributed by atoms with Gasteiger partial charge in [-0.3, -0.25) is 4.99 Å². The molecule has 1 aliphatic rings. The van der Waals surface area contributed by atoms with Crippen molar-refractivity contribution in [2.75, 3.05) is 26.5 Å². The first-order chi connectivity index (χ1) is 10.3. The van der Waals surface area contributed by atoms with E-state index >= 15 is 0 Å². The SMILES string of the molecule is CCC1CCSC(=NCCc2ccc(OC)c(OC)c2)N1. The second-order valence-electron chi connectivity index (χ2n) is 5.01. The molecule has 1 fully saturated rings. The summed E-state index contributed by atoms with van der Waals surface area (Å²) < 4.78 is 10.6. The van der Waals surface area contributed by atoms with Gasteiger partial charge in [0.2, 0.25) is 0 Å². The van der Waals surface area contributed by atoms with Gasteiger partial charge in [0.05, 0.1) is 14.2 Å². The predicted octanol–water partition coefficient (Wildman–Crippen LogP) is 3.11. The van der Waals surface area contributed by atoms with Gasteiger partial charge >= 0.3 is 0 Å². The highest BCUT2D eigenvalue weighted by molar-refractivity contribution is 8.13. The van der Waals surface area contributed by atoms with Gasteiger partial charge in [0.1, 0.15) is 0 Å². The molecule has 0 spiro atoms. The number of hydrogen-bond donors (Lipinski definition) is 1. The third-order valence-corrected chi connectivity index (χ3v) is 4.59. The van der Waals surface area contributed by atoms with Crippen molar-refractivity contribution in [3.8, 4) is 11.5 Å². The van der Waals surface area contributed by atoms with E-state index in [0.29, 0.717) is 6.04 Å². The maximum absolute atomic E-state index is 5.32. The summed E-state index contributed by atoms with van der Waals surface area (Å²) in [5, 5.41) is 4.59. The standard InChI is InChI=1S/C16H24N2O2S/c1-4-13-8-10-21-16(18-13)17-9-7-12-5-6-14(19-2)15(11-12)20-3/h5-6,11,13H,4,7-10H2,1-3H3,(H,17,18). The van der Waals surface area contributed by atoms with Gasteiger partial charge in [-0.05, 0) is 37.0 Å². The first kappa shape index (κ1) is 16.0. The van der Waals surface area contributed by atoms with Crippen molar-refractivity contribution in [3.63, 3.8) is 0 Å². The zero-order chi connectivity index (χ0) is 15.1. The van der Waals surface area contributed by atoms with E-state index in [9.17, 15) is 0 Å². The molecule has 4 nitrogen and oxygen atoms in total. The number of methoxy groups -OCH3 is 2. The lowest BCUT2D eigenvalue weighted by Crippen LogP contribution is -2.37. The maximum Gasteiger partial charge on any atom is 0.160 e. The molecule has 1 aromatic rings. The highest BCUT2D eigenvalue weighted by Gasteiger charge is 2.15. The molecule has 116 valence electrons. The minimum Gasteiger partial charge on any atom is -0.493 e. The number of rotatable bonds is 6. The minimum atomic E-state index is 0.589. The number of benzene rings is 1. The molecule has 0 saturated carbocycles. The third kappa shape index (κ3) is 4.56. The zero-order valence-corrected chi connectivity index (χ0v) is 13.8. The number of nitrogens with one attached hydrogen (secondary N) is 1. The molecule has 1 aliphatic heterocycles. The molecule has 1 unspecified atom stereocenters. The molecule has 5 heteroatoms. The van der Waals surface area contributed by atoms with Gasteiger partial charge in [-0.2, -0.15) is 0 Å². The smallest absolute Gasteiger partial charge is 0.160 e. The van der Waals surface area contributed by atoms with Gasteiger partial charge in [0, 0.05) is 18.3 Å². The van der Waals surface area contributed by atoms with Crippen molar-refractivity contribution in [1.82, 2.24) is 5.32 Å². The summed E-state index contributed by atoms with van der Waals surface area (Å²) in [6.45, 7) is 3.01. The van der Waals surface area contributed by atoms with E-state index in [1.165, 1.54) is 17.7 Å². The molecule has 1 N–H and O–H groups in total. The summed E-state index contributed by atoms with van der Waals surface area (Å²) in [5.74, 6) is 2.71. The van der Waals surface area contributed by atoms with Crippen LogP contribution < -0.4 is 14.8 Å². The fraction of sp³-hybridized carbons (Fsp3) is 0.562. The summed E-state index contributed by atoms with van der Waals surface area (Å²) in [7, 11) is 3.31. The van der Waals surface area contributed by atoms with Crippen molar-refractivity contribution in [1.29, 1.82) is 0 Å². The Kier molecular flexibility index (Phi) is 6.23. The Bertz CT molecular complexity index is 491. The fourth-order valence-corrected chi connectivity index (χ4v) is 3.33. The predicted molar refractivity (Wildman–Crippen MR) is 89.8 cm³/mol. The number of aliphatic imine (C=N–C) groups is 1. The molecule has 21 heavy (non-hydrogen) atoms. The fourth-order valence-electron chi connectivity index (χ4n) is 2.31. The molecule has 0 aliphatic carbocycles. The van der Waals surface area contributed by atoms with Crippen LogP contribution in [0.4, 0.5) is 0 Å². The average Bonchev–Trinajstić information content (AvgIpc) is 2.55. The van der Waals surface area contributed by atoms with E-state index in [1.54, 1.807) is 14.2 Å². The maximum atomic E-state index is 5.32. The van der Waals surface area contributed by atoms with Crippen molar-refractivity contribution >= 4 is 16.9 Å². The van der Waals surface area contributed by atoms with Crippen LogP contribution in [0.1, 0.15) is 25.3 Å². The Labute approximate surface area is 131 Å². The van der Waals surface area contributed by atoms with E-state index in [0.717, 1.165) is 36.1 Å². The summed E-state index contributed by atoms with van der Waals surface area (Å²) in [5.41, 5.74) is 1.21. The molecule has 1 heterocycles. The van der Waals surface area contributed by atoms with Gasteiger partial charge in [-0.15, -0.1) is 0 Å².